The van der Waals surface area contributed by atoms with Gasteiger partial charge in [-0.25, -0.2) is 0 Å². The van der Waals surface area contributed by atoms with Crippen LogP contribution in [0.2, 0.25) is 0 Å². The SMILES string of the molecule is CCNC(=NCCCCN1CCOCC1)N1CCSC(C(C)C)C1.I. The zero-order valence-electron chi connectivity index (χ0n) is 16.2. The monoisotopic (exact) mass is 484 g/mol. The van der Waals surface area contributed by atoms with Gasteiger partial charge >= 0.3 is 0 Å². The van der Waals surface area contributed by atoms with Gasteiger partial charge in [-0.05, 0) is 32.2 Å². The van der Waals surface area contributed by atoms with E-state index in [0.29, 0.717) is 0 Å². The Kier molecular flexibility index (Phi) is 12.5. The number of guanidine groups is 1. The molecule has 0 spiro atoms. The Hall–Kier alpha value is 0.270. The van der Waals surface area contributed by atoms with Gasteiger partial charge in [-0.3, -0.25) is 9.89 Å². The Morgan fingerprint density at radius 1 is 1.24 bits per heavy atom. The van der Waals surface area contributed by atoms with Crippen LogP contribution in [0.1, 0.15) is 33.6 Å². The van der Waals surface area contributed by atoms with Crippen LogP contribution in [0.3, 0.4) is 0 Å². The molecule has 1 N–H and O–H groups in total. The Labute approximate surface area is 175 Å². The van der Waals surface area contributed by atoms with E-state index in [4.69, 9.17) is 9.73 Å². The van der Waals surface area contributed by atoms with Crippen molar-refractivity contribution in [2.45, 2.75) is 38.9 Å². The second-order valence-electron chi connectivity index (χ2n) is 7.00. The molecule has 148 valence electrons. The van der Waals surface area contributed by atoms with E-state index in [9.17, 15) is 0 Å². The van der Waals surface area contributed by atoms with Crippen molar-refractivity contribution in [2.24, 2.45) is 10.9 Å². The highest BCUT2D eigenvalue weighted by atomic mass is 127. The average Bonchev–Trinajstić information content (AvgIpc) is 2.61. The fraction of sp³-hybridized carbons (Fsp3) is 0.944. The largest absolute Gasteiger partial charge is 0.379 e. The molecule has 0 aromatic heterocycles. The van der Waals surface area contributed by atoms with Gasteiger partial charge in [-0.2, -0.15) is 11.8 Å². The highest BCUT2D eigenvalue weighted by molar-refractivity contribution is 14.0. The van der Waals surface area contributed by atoms with Crippen molar-refractivity contribution in [1.82, 2.24) is 15.1 Å². The lowest BCUT2D eigenvalue weighted by molar-refractivity contribution is 0.0373. The molecule has 7 heteroatoms. The maximum atomic E-state index is 5.40. The summed E-state index contributed by atoms with van der Waals surface area (Å²) < 4.78 is 5.40. The normalized spacial score (nSPS) is 22.8. The first-order valence-corrected chi connectivity index (χ1v) is 10.7. The van der Waals surface area contributed by atoms with Gasteiger partial charge in [0.25, 0.3) is 0 Å². The van der Waals surface area contributed by atoms with E-state index < -0.39 is 0 Å². The third-order valence-electron chi connectivity index (χ3n) is 4.72. The molecule has 2 saturated heterocycles. The molecule has 1 unspecified atom stereocenters. The molecule has 2 fully saturated rings. The first-order chi connectivity index (χ1) is 11.7. The van der Waals surface area contributed by atoms with Gasteiger partial charge in [0, 0.05) is 50.3 Å². The lowest BCUT2D eigenvalue weighted by Crippen LogP contribution is -2.49. The van der Waals surface area contributed by atoms with E-state index >= 15 is 0 Å². The molecule has 1 atom stereocenters. The predicted octanol–water partition coefficient (Wildman–Crippen LogP) is 2.76. The van der Waals surface area contributed by atoms with E-state index in [2.05, 4.69) is 47.6 Å². The van der Waals surface area contributed by atoms with Crippen molar-refractivity contribution in [3.8, 4) is 0 Å². The van der Waals surface area contributed by atoms with E-state index in [1.807, 2.05) is 0 Å². The number of hydrogen-bond acceptors (Lipinski definition) is 4. The molecule has 2 rings (SSSR count). The van der Waals surface area contributed by atoms with Gasteiger partial charge in [-0.15, -0.1) is 24.0 Å². The summed E-state index contributed by atoms with van der Waals surface area (Å²) in [6, 6.07) is 0. The summed E-state index contributed by atoms with van der Waals surface area (Å²) in [5.41, 5.74) is 0. The third-order valence-corrected chi connectivity index (χ3v) is 6.26. The number of hydrogen-bond donors (Lipinski definition) is 1. The molecule has 2 aliphatic rings. The lowest BCUT2D eigenvalue weighted by Gasteiger charge is -2.36. The average molecular weight is 484 g/mol. The second-order valence-corrected chi connectivity index (χ2v) is 8.34. The van der Waals surface area contributed by atoms with Gasteiger partial charge in [-0.1, -0.05) is 13.8 Å². The smallest absolute Gasteiger partial charge is 0.193 e. The second kappa shape index (κ2) is 13.4. The van der Waals surface area contributed by atoms with E-state index in [0.717, 1.165) is 69.6 Å². The molecule has 0 amide bonds. The van der Waals surface area contributed by atoms with Crippen molar-refractivity contribution in [1.29, 1.82) is 0 Å². The molecule has 0 aromatic rings. The highest BCUT2D eigenvalue weighted by Crippen LogP contribution is 2.24. The maximum absolute atomic E-state index is 5.40. The summed E-state index contributed by atoms with van der Waals surface area (Å²) in [5.74, 6) is 3.06. The Balaban J connectivity index is 0.00000312. The quantitative estimate of drug-likeness (QED) is 0.261. The van der Waals surface area contributed by atoms with Crippen molar-refractivity contribution in [2.75, 3.05) is 64.8 Å². The standard InChI is InChI=1S/C18H36N4OS.HI/c1-4-19-18(22-11-14-24-17(15-22)16(2)3)20-7-5-6-8-21-9-12-23-13-10-21;/h16-17H,4-15H2,1-3H3,(H,19,20);1H. The summed E-state index contributed by atoms with van der Waals surface area (Å²) in [7, 11) is 0. The molecule has 5 nitrogen and oxygen atoms in total. The summed E-state index contributed by atoms with van der Waals surface area (Å²) in [6.45, 7) is 16.1. The fourth-order valence-electron chi connectivity index (χ4n) is 3.15. The molecule has 0 saturated carbocycles. The van der Waals surface area contributed by atoms with Gasteiger partial charge in [0.15, 0.2) is 5.96 Å². The number of nitrogens with zero attached hydrogens (tertiary/aromatic N) is 3. The molecular formula is C18H37IN4OS. The number of thioether (sulfide) groups is 1. The molecular weight excluding hydrogens is 447 g/mol. The van der Waals surface area contributed by atoms with E-state index in [-0.39, 0.29) is 24.0 Å². The van der Waals surface area contributed by atoms with Crippen LogP contribution in [0, 0.1) is 5.92 Å². The van der Waals surface area contributed by atoms with Crippen LogP contribution in [-0.2, 0) is 4.74 Å². The maximum Gasteiger partial charge on any atom is 0.193 e. The van der Waals surface area contributed by atoms with Crippen molar-refractivity contribution in [3.05, 3.63) is 0 Å². The van der Waals surface area contributed by atoms with Crippen molar-refractivity contribution >= 4 is 41.7 Å². The number of unbranched alkanes of at least 4 members (excludes halogenated alkanes) is 1. The van der Waals surface area contributed by atoms with Gasteiger partial charge in [0.2, 0.25) is 0 Å². The molecule has 2 aliphatic heterocycles. The summed E-state index contributed by atoms with van der Waals surface area (Å²) in [4.78, 5) is 9.86. The van der Waals surface area contributed by atoms with Crippen molar-refractivity contribution < 1.29 is 4.74 Å². The number of morpholine rings is 1. The summed E-state index contributed by atoms with van der Waals surface area (Å²) >= 11 is 2.12. The zero-order chi connectivity index (χ0) is 17.2. The summed E-state index contributed by atoms with van der Waals surface area (Å²) in [5, 5.41) is 4.22. The lowest BCUT2D eigenvalue weighted by atomic mass is 10.1. The topological polar surface area (TPSA) is 40.1 Å². The number of rotatable bonds is 7. The van der Waals surface area contributed by atoms with Crippen LogP contribution in [-0.4, -0.2) is 85.8 Å². The van der Waals surface area contributed by atoms with Crippen LogP contribution in [0.25, 0.3) is 0 Å². The molecule has 2 heterocycles. The van der Waals surface area contributed by atoms with Crippen LogP contribution in [0.15, 0.2) is 4.99 Å². The minimum Gasteiger partial charge on any atom is -0.379 e. The number of ether oxygens (including phenoxy) is 1. The molecule has 0 bridgehead atoms. The zero-order valence-corrected chi connectivity index (χ0v) is 19.4. The van der Waals surface area contributed by atoms with Crippen molar-refractivity contribution in [3.63, 3.8) is 0 Å². The number of aliphatic imine (C=N–C) groups is 1. The number of nitrogens with one attached hydrogen (secondary N) is 1. The Morgan fingerprint density at radius 2 is 2.00 bits per heavy atom. The van der Waals surface area contributed by atoms with Crippen LogP contribution in [0.5, 0.6) is 0 Å². The summed E-state index contributed by atoms with van der Waals surface area (Å²) in [6.07, 6.45) is 2.40. The number of halogens is 1. The van der Waals surface area contributed by atoms with E-state index in [1.54, 1.807) is 0 Å². The Bertz CT molecular complexity index is 378. The van der Waals surface area contributed by atoms with Gasteiger partial charge < -0.3 is 15.0 Å². The minimum atomic E-state index is 0. The van der Waals surface area contributed by atoms with Crippen LogP contribution >= 0.6 is 35.7 Å². The van der Waals surface area contributed by atoms with Gasteiger partial charge in [0.05, 0.1) is 13.2 Å². The highest BCUT2D eigenvalue weighted by Gasteiger charge is 2.24. The molecule has 0 aromatic carbocycles. The Morgan fingerprint density at radius 3 is 2.68 bits per heavy atom. The molecule has 0 radical (unpaired) electrons. The molecule has 0 aliphatic carbocycles. The molecule has 25 heavy (non-hydrogen) atoms. The predicted molar refractivity (Wildman–Crippen MR) is 121 cm³/mol. The third kappa shape index (κ3) is 8.67. The van der Waals surface area contributed by atoms with Gasteiger partial charge in [0.1, 0.15) is 0 Å². The first kappa shape index (κ1) is 23.3. The first-order valence-electron chi connectivity index (χ1n) is 9.65. The van der Waals surface area contributed by atoms with E-state index in [1.165, 1.54) is 25.1 Å². The van der Waals surface area contributed by atoms with Crippen LogP contribution < -0.4 is 5.32 Å². The van der Waals surface area contributed by atoms with Crippen LogP contribution in [0.4, 0.5) is 0 Å². The minimum absolute atomic E-state index is 0. The fourth-order valence-corrected chi connectivity index (χ4v) is 4.45.